The van der Waals surface area contributed by atoms with Crippen molar-refractivity contribution >= 4 is 5.97 Å². The number of nitrogens with two attached hydrogens (primary N) is 1. The number of esters is 1. The summed E-state index contributed by atoms with van der Waals surface area (Å²) in [7, 11) is 0. The molecule has 0 bridgehead atoms. The fourth-order valence-corrected chi connectivity index (χ4v) is 0.934. The summed E-state index contributed by atoms with van der Waals surface area (Å²) < 4.78 is 4.84. The van der Waals surface area contributed by atoms with E-state index in [4.69, 9.17) is 10.5 Å². The van der Waals surface area contributed by atoms with Crippen molar-refractivity contribution in [3.63, 3.8) is 0 Å². The van der Waals surface area contributed by atoms with Gasteiger partial charge in [0.2, 0.25) is 0 Å². The van der Waals surface area contributed by atoms with Gasteiger partial charge in [-0.25, -0.2) is 4.79 Å². The van der Waals surface area contributed by atoms with E-state index in [1.165, 1.54) is 0 Å². The van der Waals surface area contributed by atoms with Crippen LogP contribution in [0.1, 0.15) is 33.6 Å². The van der Waals surface area contributed by atoms with E-state index in [2.05, 4.69) is 0 Å². The van der Waals surface area contributed by atoms with Crippen LogP contribution >= 0.6 is 0 Å². The van der Waals surface area contributed by atoms with Crippen LogP contribution in [0.5, 0.6) is 0 Å². The van der Waals surface area contributed by atoms with Gasteiger partial charge in [0, 0.05) is 5.70 Å². The second-order valence-electron chi connectivity index (χ2n) is 2.43. The quantitative estimate of drug-likeness (QED) is 0.516. The number of hydrogen-bond acceptors (Lipinski definition) is 3. The molecule has 0 spiro atoms. The molecular formula is C9H17NO2. The van der Waals surface area contributed by atoms with Crippen molar-refractivity contribution in [2.24, 2.45) is 5.73 Å². The molecule has 0 aromatic heterocycles. The summed E-state index contributed by atoms with van der Waals surface area (Å²) in [6.07, 6.45) is 1.33. The lowest BCUT2D eigenvalue weighted by molar-refractivity contribution is -0.138. The summed E-state index contributed by atoms with van der Waals surface area (Å²) in [6, 6.07) is 0. The maximum atomic E-state index is 11.2. The second-order valence-corrected chi connectivity index (χ2v) is 2.43. The number of rotatable bonds is 4. The van der Waals surface area contributed by atoms with Crippen molar-refractivity contribution < 1.29 is 9.53 Å². The number of allylic oxidation sites excluding steroid dienone is 1. The molecule has 0 unspecified atom stereocenters. The molecule has 0 aromatic rings. The monoisotopic (exact) mass is 171 g/mol. The van der Waals surface area contributed by atoms with Crippen LogP contribution in [0.3, 0.4) is 0 Å². The first kappa shape index (κ1) is 11.0. The Morgan fingerprint density at radius 3 is 2.17 bits per heavy atom. The third-order valence-corrected chi connectivity index (χ3v) is 1.64. The van der Waals surface area contributed by atoms with E-state index in [-0.39, 0.29) is 5.97 Å². The molecule has 3 heteroatoms. The molecule has 12 heavy (non-hydrogen) atoms. The Balaban J connectivity index is 4.44. The first-order valence-electron chi connectivity index (χ1n) is 4.31. The molecule has 0 fully saturated rings. The van der Waals surface area contributed by atoms with Crippen molar-refractivity contribution in [2.75, 3.05) is 6.61 Å². The third-order valence-electron chi connectivity index (χ3n) is 1.64. The minimum absolute atomic E-state index is 0.278. The highest BCUT2D eigenvalue weighted by molar-refractivity contribution is 5.89. The van der Waals surface area contributed by atoms with Gasteiger partial charge < -0.3 is 10.5 Å². The Labute approximate surface area is 73.6 Å². The molecule has 0 aliphatic rings. The summed E-state index contributed by atoms with van der Waals surface area (Å²) >= 11 is 0. The SMILES string of the molecule is CCOC(=O)/C(CC)=C(\N)CC. The van der Waals surface area contributed by atoms with E-state index >= 15 is 0 Å². The van der Waals surface area contributed by atoms with Crippen molar-refractivity contribution in [1.29, 1.82) is 0 Å². The molecule has 0 radical (unpaired) electrons. The van der Waals surface area contributed by atoms with Gasteiger partial charge in [-0.1, -0.05) is 13.8 Å². The smallest absolute Gasteiger partial charge is 0.335 e. The largest absolute Gasteiger partial charge is 0.463 e. The van der Waals surface area contributed by atoms with E-state index in [0.717, 1.165) is 0 Å². The molecule has 0 saturated heterocycles. The van der Waals surface area contributed by atoms with Crippen LogP contribution in [0.15, 0.2) is 11.3 Å². The van der Waals surface area contributed by atoms with Crippen LogP contribution in [0.4, 0.5) is 0 Å². The van der Waals surface area contributed by atoms with Gasteiger partial charge in [-0.3, -0.25) is 0 Å². The molecule has 0 rings (SSSR count). The zero-order chi connectivity index (χ0) is 9.56. The van der Waals surface area contributed by atoms with Gasteiger partial charge in [0.15, 0.2) is 0 Å². The highest BCUT2D eigenvalue weighted by Gasteiger charge is 2.10. The molecule has 0 atom stereocenters. The molecular weight excluding hydrogens is 154 g/mol. The molecule has 0 aliphatic carbocycles. The van der Waals surface area contributed by atoms with Gasteiger partial charge in [0.25, 0.3) is 0 Å². The minimum Gasteiger partial charge on any atom is -0.463 e. The van der Waals surface area contributed by atoms with Crippen LogP contribution in [0.2, 0.25) is 0 Å². The Kier molecular flexibility index (Phi) is 5.17. The Morgan fingerprint density at radius 2 is 1.83 bits per heavy atom. The maximum absolute atomic E-state index is 11.2. The van der Waals surface area contributed by atoms with E-state index in [1.807, 2.05) is 13.8 Å². The number of carbonyl (C=O) groups is 1. The van der Waals surface area contributed by atoms with E-state index in [9.17, 15) is 4.79 Å². The molecule has 2 N–H and O–H groups in total. The normalized spacial score (nSPS) is 12.2. The predicted octanol–water partition coefficient (Wildman–Crippen LogP) is 1.58. The molecule has 0 amide bonds. The van der Waals surface area contributed by atoms with Crippen molar-refractivity contribution in [2.45, 2.75) is 33.6 Å². The van der Waals surface area contributed by atoms with Gasteiger partial charge in [-0.05, 0) is 19.8 Å². The zero-order valence-electron chi connectivity index (χ0n) is 8.02. The fraction of sp³-hybridized carbons (Fsp3) is 0.667. The number of ether oxygens (including phenoxy) is 1. The summed E-state index contributed by atoms with van der Waals surface area (Å²) in [5.41, 5.74) is 6.88. The third kappa shape index (κ3) is 2.95. The Morgan fingerprint density at radius 1 is 1.25 bits per heavy atom. The summed E-state index contributed by atoms with van der Waals surface area (Å²) in [4.78, 5) is 11.2. The average molecular weight is 171 g/mol. The van der Waals surface area contributed by atoms with Crippen LogP contribution in [-0.2, 0) is 9.53 Å². The highest BCUT2D eigenvalue weighted by Crippen LogP contribution is 2.09. The lowest BCUT2D eigenvalue weighted by atomic mass is 10.1. The fourth-order valence-electron chi connectivity index (χ4n) is 0.934. The maximum Gasteiger partial charge on any atom is 0.335 e. The van der Waals surface area contributed by atoms with Gasteiger partial charge in [0.1, 0.15) is 0 Å². The summed E-state index contributed by atoms with van der Waals surface area (Å²) in [5, 5.41) is 0. The van der Waals surface area contributed by atoms with E-state index < -0.39 is 0 Å². The molecule has 3 nitrogen and oxygen atoms in total. The van der Waals surface area contributed by atoms with Crippen molar-refractivity contribution in [1.82, 2.24) is 0 Å². The van der Waals surface area contributed by atoms with Crippen LogP contribution in [0.25, 0.3) is 0 Å². The van der Waals surface area contributed by atoms with E-state index in [0.29, 0.717) is 30.7 Å². The molecule has 0 saturated carbocycles. The first-order valence-corrected chi connectivity index (χ1v) is 4.31. The summed E-state index contributed by atoms with van der Waals surface area (Å²) in [6.45, 7) is 6.01. The molecule has 0 heterocycles. The molecule has 70 valence electrons. The second kappa shape index (κ2) is 5.63. The zero-order valence-corrected chi connectivity index (χ0v) is 8.02. The molecule has 0 aliphatic heterocycles. The highest BCUT2D eigenvalue weighted by atomic mass is 16.5. The van der Waals surface area contributed by atoms with E-state index in [1.54, 1.807) is 6.92 Å². The summed E-state index contributed by atoms with van der Waals surface area (Å²) in [5.74, 6) is -0.278. The number of hydrogen-bond donors (Lipinski definition) is 1. The van der Waals surface area contributed by atoms with Gasteiger partial charge >= 0.3 is 5.97 Å². The van der Waals surface area contributed by atoms with Crippen molar-refractivity contribution in [3.8, 4) is 0 Å². The first-order chi connectivity index (χ1) is 5.67. The van der Waals surface area contributed by atoms with Gasteiger partial charge in [0.05, 0.1) is 12.2 Å². The van der Waals surface area contributed by atoms with Crippen molar-refractivity contribution in [3.05, 3.63) is 11.3 Å². The topological polar surface area (TPSA) is 52.3 Å². The molecule has 0 aromatic carbocycles. The predicted molar refractivity (Wildman–Crippen MR) is 48.4 cm³/mol. The lowest BCUT2D eigenvalue weighted by Crippen LogP contribution is -2.13. The Bertz CT molecular complexity index is 185. The lowest BCUT2D eigenvalue weighted by Gasteiger charge is -2.07. The van der Waals surface area contributed by atoms with Crippen LogP contribution in [-0.4, -0.2) is 12.6 Å². The average Bonchev–Trinajstić information content (AvgIpc) is 2.06. The van der Waals surface area contributed by atoms with Gasteiger partial charge in [-0.15, -0.1) is 0 Å². The standard InChI is InChI=1S/C9H17NO2/c1-4-7(8(10)5-2)9(11)12-6-3/h4-6,10H2,1-3H3/b8-7-. The number of carbonyl (C=O) groups excluding carboxylic acids is 1. The Hall–Kier alpha value is -0.990. The van der Waals surface area contributed by atoms with Crippen LogP contribution in [0, 0.1) is 0 Å². The van der Waals surface area contributed by atoms with Gasteiger partial charge in [-0.2, -0.15) is 0 Å². The van der Waals surface area contributed by atoms with Crippen LogP contribution < -0.4 is 5.73 Å². The minimum atomic E-state index is -0.278.